The van der Waals surface area contributed by atoms with Crippen molar-refractivity contribution in [3.05, 3.63) is 27.7 Å². The largest absolute Gasteiger partial charge is 0.507 e. The van der Waals surface area contributed by atoms with Gasteiger partial charge in [0.2, 0.25) is 0 Å². The fraction of sp³-hybridized carbons (Fsp3) is 0.333. The summed E-state index contributed by atoms with van der Waals surface area (Å²) in [5.74, 6) is -0.599. The van der Waals surface area contributed by atoms with Crippen molar-refractivity contribution in [2.75, 3.05) is 0 Å². The minimum Gasteiger partial charge on any atom is -0.507 e. The summed E-state index contributed by atoms with van der Waals surface area (Å²) in [6.07, 6.45) is -7.73. The van der Waals surface area contributed by atoms with Crippen LogP contribution in [0.1, 0.15) is 11.6 Å². The second-order valence-corrected chi connectivity index (χ2v) is 4.18. The number of nitrogens with two attached hydrogens (primary N) is 1. The van der Waals surface area contributed by atoms with E-state index in [0.717, 1.165) is 12.1 Å². The first-order valence-electron chi connectivity index (χ1n) is 4.33. The summed E-state index contributed by atoms with van der Waals surface area (Å²) in [6.45, 7) is 0. The number of aliphatic hydroxyl groups is 1. The van der Waals surface area contributed by atoms with E-state index in [2.05, 4.69) is 0 Å². The molecule has 0 unspecified atom stereocenters. The van der Waals surface area contributed by atoms with Crippen LogP contribution in [-0.2, 0) is 0 Å². The summed E-state index contributed by atoms with van der Waals surface area (Å²) in [4.78, 5) is 0. The van der Waals surface area contributed by atoms with Crippen molar-refractivity contribution in [1.29, 1.82) is 0 Å². The quantitative estimate of drug-likeness (QED) is 0.784. The van der Waals surface area contributed by atoms with Crippen molar-refractivity contribution in [2.45, 2.75) is 18.3 Å². The zero-order chi connectivity index (χ0) is 13.4. The van der Waals surface area contributed by atoms with E-state index in [0.29, 0.717) is 0 Å². The van der Waals surface area contributed by atoms with E-state index in [4.69, 9.17) is 34.0 Å². The van der Waals surface area contributed by atoms with Gasteiger partial charge < -0.3 is 15.9 Å². The minimum absolute atomic E-state index is 0.0462. The number of benzene rings is 1. The predicted octanol–water partition coefficient (Wildman–Crippen LogP) is 2.62. The van der Waals surface area contributed by atoms with Gasteiger partial charge in [-0.3, -0.25) is 0 Å². The molecule has 0 fully saturated rings. The highest BCUT2D eigenvalue weighted by Crippen LogP contribution is 2.38. The highest BCUT2D eigenvalue weighted by Gasteiger charge is 2.44. The van der Waals surface area contributed by atoms with E-state index in [9.17, 15) is 18.3 Å². The third-order valence-corrected chi connectivity index (χ3v) is 2.61. The first kappa shape index (κ1) is 14.4. The molecule has 8 heteroatoms. The Labute approximate surface area is 105 Å². The molecule has 0 aliphatic heterocycles. The Morgan fingerprint density at radius 1 is 1.24 bits per heavy atom. The third kappa shape index (κ3) is 3.16. The maximum absolute atomic E-state index is 12.2. The maximum atomic E-state index is 12.2. The first-order chi connectivity index (χ1) is 7.64. The van der Waals surface area contributed by atoms with E-state index in [1.165, 1.54) is 0 Å². The molecule has 0 bridgehead atoms. The smallest absolute Gasteiger partial charge is 0.416 e. The van der Waals surface area contributed by atoms with Crippen LogP contribution in [0.3, 0.4) is 0 Å². The molecule has 96 valence electrons. The molecule has 4 N–H and O–H groups in total. The number of phenolic OH excluding ortho intramolecular Hbond substituents is 1. The van der Waals surface area contributed by atoms with Gasteiger partial charge in [0, 0.05) is 10.6 Å². The summed E-state index contributed by atoms with van der Waals surface area (Å²) in [5.41, 5.74) is 4.82. The average Bonchev–Trinajstić information content (AvgIpc) is 2.13. The van der Waals surface area contributed by atoms with Crippen LogP contribution in [0.15, 0.2) is 12.1 Å². The number of aliphatic hydroxyl groups excluding tert-OH is 1. The van der Waals surface area contributed by atoms with E-state index in [-0.39, 0.29) is 10.0 Å². The van der Waals surface area contributed by atoms with Crippen LogP contribution in [0.25, 0.3) is 0 Å². The molecule has 0 aliphatic carbocycles. The highest BCUT2D eigenvalue weighted by atomic mass is 35.5. The molecule has 1 aromatic rings. The van der Waals surface area contributed by atoms with Crippen molar-refractivity contribution >= 4 is 23.2 Å². The molecule has 0 radical (unpaired) electrons. The third-order valence-electron chi connectivity index (χ3n) is 2.08. The number of halogens is 5. The Bertz CT molecular complexity index is 402. The summed E-state index contributed by atoms with van der Waals surface area (Å²) in [5, 5.41) is 18.2. The summed E-state index contributed by atoms with van der Waals surface area (Å²) in [6, 6.07) is 0.229. The standard InChI is InChI=1S/C9H8Cl2F3NO2/c10-3-1-4(11)6(5(16)2-3)7(15)8(17)9(12,13)14/h1-2,7-8,16-17H,15H2/t7-,8-/m0/s1. The first-order valence-corrected chi connectivity index (χ1v) is 5.08. The average molecular weight is 290 g/mol. The fourth-order valence-corrected chi connectivity index (χ4v) is 1.87. The molecule has 0 spiro atoms. The molecule has 0 saturated heterocycles. The van der Waals surface area contributed by atoms with Gasteiger partial charge >= 0.3 is 6.18 Å². The highest BCUT2D eigenvalue weighted by molar-refractivity contribution is 6.35. The van der Waals surface area contributed by atoms with Crippen molar-refractivity contribution in [1.82, 2.24) is 0 Å². The van der Waals surface area contributed by atoms with Crippen LogP contribution in [0.5, 0.6) is 5.75 Å². The van der Waals surface area contributed by atoms with Crippen molar-refractivity contribution < 1.29 is 23.4 Å². The van der Waals surface area contributed by atoms with Crippen LogP contribution in [0.2, 0.25) is 10.0 Å². The molecule has 17 heavy (non-hydrogen) atoms. The van der Waals surface area contributed by atoms with Gasteiger partial charge in [-0.15, -0.1) is 0 Å². The lowest BCUT2D eigenvalue weighted by Crippen LogP contribution is -2.39. The van der Waals surface area contributed by atoms with Crippen LogP contribution < -0.4 is 5.73 Å². The zero-order valence-corrected chi connectivity index (χ0v) is 9.68. The molecule has 1 aromatic carbocycles. The topological polar surface area (TPSA) is 66.5 Å². The van der Waals surface area contributed by atoms with Crippen LogP contribution >= 0.6 is 23.2 Å². The molecule has 1 rings (SSSR count). The minimum atomic E-state index is -4.91. The zero-order valence-electron chi connectivity index (χ0n) is 8.17. The molecule has 0 amide bonds. The van der Waals surface area contributed by atoms with Crippen molar-refractivity contribution in [3.8, 4) is 5.75 Å². The molecule has 0 aliphatic rings. The van der Waals surface area contributed by atoms with Crippen molar-refractivity contribution in [3.63, 3.8) is 0 Å². The van der Waals surface area contributed by atoms with Crippen molar-refractivity contribution in [2.24, 2.45) is 5.73 Å². The van der Waals surface area contributed by atoms with Gasteiger partial charge in [-0.05, 0) is 12.1 Å². The molecule has 0 saturated carbocycles. The Morgan fingerprint density at radius 2 is 1.76 bits per heavy atom. The van der Waals surface area contributed by atoms with E-state index >= 15 is 0 Å². The lowest BCUT2D eigenvalue weighted by atomic mass is 10.0. The lowest BCUT2D eigenvalue weighted by Gasteiger charge is -2.23. The monoisotopic (exact) mass is 289 g/mol. The SMILES string of the molecule is N[C@@H](c1c(O)cc(Cl)cc1Cl)[C@H](O)C(F)(F)F. The molecule has 3 nitrogen and oxygen atoms in total. The Hall–Kier alpha value is -0.690. The van der Waals surface area contributed by atoms with Gasteiger partial charge in [0.25, 0.3) is 0 Å². The Kier molecular flexibility index (Phi) is 4.14. The number of aromatic hydroxyl groups is 1. The number of phenols is 1. The summed E-state index contributed by atoms with van der Waals surface area (Å²) >= 11 is 11.1. The fourth-order valence-electron chi connectivity index (χ4n) is 1.26. The molecular formula is C9H8Cl2F3NO2. The lowest BCUT2D eigenvalue weighted by molar-refractivity contribution is -0.210. The van der Waals surface area contributed by atoms with E-state index in [1.807, 2.05) is 0 Å². The van der Waals surface area contributed by atoms with Gasteiger partial charge in [-0.25, -0.2) is 0 Å². The Morgan fingerprint density at radius 3 is 2.18 bits per heavy atom. The van der Waals surface area contributed by atoms with Gasteiger partial charge in [-0.2, -0.15) is 13.2 Å². The number of alkyl halides is 3. The number of hydrogen-bond donors (Lipinski definition) is 3. The van der Waals surface area contributed by atoms with E-state index in [1.54, 1.807) is 0 Å². The second kappa shape index (κ2) is 4.89. The van der Waals surface area contributed by atoms with Crippen LogP contribution in [0, 0.1) is 0 Å². The van der Waals surface area contributed by atoms with Crippen LogP contribution in [-0.4, -0.2) is 22.5 Å². The normalized spacial score (nSPS) is 15.7. The van der Waals surface area contributed by atoms with Gasteiger partial charge in [0.15, 0.2) is 6.10 Å². The predicted molar refractivity (Wildman–Crippen MR) is 57.1 cm³/mol. The van der Waals surface area contributed by atoms with Gasteiger partial charge in [0.05, 0.1) is 11.1 Å². The molecule has 0 aromatic heterocycles. The summed E-state index contributed by atoms with van der Waals surface area (Å²) < 4.78 is 36.7. The van der Waals surface area contributed by atoms with Gasteiger partial charge in [-0.1, -0.05) is 23.2 Å². The van der Waals surface area contributed by atoms with E-state index < -0.39 is 29.6 Å². The number of rotatable bonds is 2. The van der Waals surface area contributed by atoms with Crippen LogP contribution in [0.4, 0.5) is 13.2 Å². The maximum Gasteiger partial charge on any atom is 0.416 e. The molecular weight excluding hydrogens is 282 g/mol. The summed E-state index contributed by atoms with van der Waals surface area (Å²) in [7, 11) is 0. The number of hydrogen-bond acceptors (Lipinski definition) is 3. The second-order valence-electron chi connectivity index (χ2n) is 3.33. The molecule has 2 atom stereocenters. The molecule has 0 heterocycles. The van der Waals surface area contributed by atoms with Gasteiger partial charge in [0.1, 0.15) is 5.75 Å². The Balaban J connectivity index is 3.17.